The Labute approximate surface area is 99.8 Å². The highest BCUT2D eigenvalue weighted by Crippen LogP contribution is 2.28. The number of benzene rings is 1. The molecule has 0 amide bonds. The van der Waals surface area contributed by atoms with Gasteiger partial charge < -0.3 is 20.3 Å². The lowest BCUT2D eigenvalue weighted by Gasteiger charge is -2.14. The van der Waals surface area contributed by atoms with E-state index in [-0.39, 0.29) is 13.2 Å². The normalized spacial score (nSPS) is 12.5. The van der Waals surface area contributed by atoms with Gasteiger partial charge in [-0.25, -0.2) is 0 Å². The summed E-state index contributed by atoms with van der Waals surface area (Å²) in [5, 5.41) is 21.4. The lowest BCUT2D eigenvalue weighted by atomic mass is 10.2. The molecule has 1 unspecified atom stereocenters. The number of ether oxygens (including phenoxy) is 1. The summed E-state index contributed by atoms with van der Waals surface area (Å²) in [5.74, 6) is 0.547. The maximum absolute atomic E-state index is 9.20. The van der Waals surface area contributed by atoms with E-state index in [0.717, 1.165) is 5.56 Å². The van der Waals surface area contributed by atoms with Gasteiger partial charge in [-0.1, -0.05) is 23.7 Å². The van der Waals surface area contributed by atoms with Crippen LogP contribution >= 0.6 is 11.6 Å². The minimum atomic E-state index is -0.890. The summed E-state index contributed by atoms with van der Waals surface area (Å²) in [6, 6.07) is 5.45. The highest BCUT2D eigenvalue weighted by molar-refractivity contribution is 6.32. The van der Waals surface area contributed by atoms with E-state index in [1.165, 1.54) is 0 Å². The van der Waals surface area contributed by atoms with Crippen LogP contribution in [0.5, 0.6) is 5.75 Å². The lowest BCUT2D eigenvalue weighted by Crippen LogP contribution is -2.22. The van der Waals surface area contributed by atoms with Crippen molar-refractivity contribution >= 4 is 11.6 Å². The molecule has 5 heteroatoms. The van der Waals surface area contributed by atoms with E-state index in [9.17, 15) is 5.11 Å². The average Bonchev–Trinajstić information content (AvgIpc) is 2.28. The molecule has 0 heterocycles. The van der Waals surface area contributed by atoms with Crippen molar-refractivity contribution in [1.29, 1.82) is 0 Å². The molecule has 1 atom stereocenters. The second kappa shape index (κ2) is 6.70. The fourth-order valence-corrected chi connectivity index (χ4v) is 1.53. The minimum absolute atomic E-state index is 0.0247. The fourth-order valence-electron chi connectivity index (χ4n) is 1.28. The highest BCUT2D eigenvalue weighted by Gasteiger charge is 2.10. The van der Waals surface area contributed by atoms with Gasteiger partial charge in [-0.2, -0.15) is 0 Å². The Morgan fingerprint density at radius 2 is 2.25 bits per heavy atom. The van der Waals surface area contributed by atoms with Gasteiger partial charge in [0.2, 0.25) is 0 Å². The molecule has 16 heavy (non-hydrogen) atoms. The van der Waals surface area contributed by atoms with E-state index in [1.54, 1.807) is 6.07 Å². The molecule has 0 saturated heterocycles. The van der Waals surface area contributed by atoms with Gasteiger partial charge in [-0.05, 0) is 13.1 Å². The minimum Gasteiger partial charge on any atom is -0.489 e. The third kappa shape index (κ3) is 3.64. The predicted molar refractivity (Wildman–Crippen MR) is 62.8 cm³/mol. The van der Waals surface area contributed by atoms with Crippen LogP contribution in [-0.2, 0) is 6.54 Å². The van der Waals surface area contributed by atoms with Crippen molar-refractivity contribution in [3.63, 3.8) is 0 Å². The molecular weight excluding hydrogens is 230 g/mol. The Morgan fingerprint density at radius 1 is 1.50 bits per heavy atom. The van der Waals surface area contributed by atoms with Crippen LogP contribution in [-0.4, -0.2) is 36.6 Å². The van der Waals surface area contributed by atoms with E-state index >= 15 is 0 Å². The largest absolute Gasteiger partial charge is 0.489 e. The molecule has 0 aliphatic heterocycles. The van der Waals surface area contributed by atoms with Crippen LogP contribution in [0.3, 0.4) is 0 Å². The Balaban J connectivity index is 2.75. The van der Waals surface area contributed by atoms with Crippen LogP contribution in [0, 0.1) is 0 Å². The van der Waals surface area contributed by atoms with Gasteiger partial charge in [-0.3, -0.25) is 0 Å². The first-order valence-electron chi connectivity index (χ1n) is 5.02. The monoisotopic (exact) mass is 245 g/mol. The summed E-state index contributed by atoms with van der Waals surface area (Å²) in [7, 11) is 1.83. The maximum atomic E-state index is 9.20. The van der Waals surface area contributed by atoms with Crippen molar-refractivity contribution in [2.24, 2.45) is 0 Å². The fraction of sp³-hybridized carbons (Fsp3) is 0.455. The number of aliphatic hydroxyl groups excluding tert-OH is 2. The summed E-state index contributed by atoms with van der Waals surface area (Å²) in [6.07, 6.45) is -0.890. The van der Waals surface area contributed by atoms with Gasteiger partial charge >= 0.3 is 0 Å². The second-order valence-corrected chi connectivity index (χ2v) is 3.81. The first kappa shape index (κ1) is 13.3. The Kier molecular flexibility index (Phi) is 5.55. The molecule has 1 rings (SSSR count). The van der Waals surface area contributed by atoms with Crippen molar-refractivity contribution in [2.45, 2.75) is 12.6 Å². The van der Waals surface area contributed by atoms with Crippen LogP contribution in [0.4, 0.5) is 0 Å². The van der Waals surface area contributed by atoms with Crippen molar-refractivity contribution < 1.29 is 14.9 Å². The summed E-state index contributed by atoms with van der Waals surface area (Å²) < 4.78 is 5.39. The van der Waals surface area contributed by atoms with Crippen LogP contribution in [0.15, 0.2) is 18.2 Å². The zero-order valence-electron chi connectivity index (χ0n) is 9.11. The molecule has 0 aromatic heterocycles. The molecule has 0 bridgehead atoms. The zero-order valence-corrected chi connectivity index (χ0v) is 9.87. The Bertz CT molecular complexity index is 333. The first-order valence-corrected chi connectivity index (χ1v) is 5.40. The molecule has 0 spiro atoms. The van der Waals surface area contributed by atoms with E-state index in [1.807, 2.05) is 19.2 Å². The number of nitrogens with one attached hydrogen (secondary N) is 1. The van der Waals surface area contributed by atoms with E-state index < -0.39 is 6.10 Å². The third-order valence-electron chi connectivity index (χ3n) is 2.05. The second-order valence-electron chi connectivity index (χ2n) is 3.41. The molecule has 1 aromatic rings. The van der Waals surface area contributed by atoms with E-state index in [4.69, 9.17) is 21.4 Å². The van der Waals surface area contributed by atoms with Crippen molar-refractivity contribution in [3.05, 3.63) is 28.8 Å². The van der Waals surface area contributed by atoms with Crippen molar-refractivity contribution in [3.8, 4) is 5.75 Å². The van der Waals surface area contributed by atoms with Crippen LogP contribution in [0.1, 0.15) is 5.56 Å². The molecule has 3 N–H and O–H groups in total. The van der Waals surface area contributed by atoms with Crippen LogP contribution < -0.4 is 10.1 Å². The number of para-hydroxylation sites is 1. The predicted octanol–water partition coefficient (Wildman–Crippen LogP) is 0.791. The number of rotatable bonds is 6. The highest BCUT2D eigenvalue weighted by atomic mass is 35.5. The quantitative estimate of drug-likeness (QED) is 0.694. The molecular formula is C11H16ClNO3. The number of aliphatic hydroxyl groups is 2. The number of halogens is 1. The molecule has 90 valence electrons. The van der Waals surface area contributed by atoms with Crippen LogP contribution in [0.25, 0.3) is 0 Å². The summed E-state index contributed by atoms with van der Waals surface area (Å²) >= 11 is 5.99. The molecule has 0 aliphatic carbocycles. The SMILES string of the molecule is CNCc1cccc(Cl)c1OCC(O)CO. The summed E-state index contributed by atoms with van der Waals surface area (Å²) in [4.78, 5) is 0. The van der Waals surface area contributed by atoms with Crippen molar-refractivity contribution in [1.82, 2.24) is 5.32 Å². The van der Waals surface area contributed by atoms with Gasteiger partial charge in [0.05, 0.1) is 11.6 Å². The van der Waals surface area contributed by atoms with Crippen LogP contribution in [0.2, 0.25) is 5.02 Å². The topological polar surface area (TPSA) is 61.7 Å². The van der Waals surface area contributed by atoms with Gasteiger partial charge in [0.15, 0.2) is 0 Å². The Morgan fingerprint density at radius 3 is 2.88 bits per heavy atom. The first-order chi connectivity index (χ1) is 7.69. The maximum Gasteiger partial charge on any atom is 0.142 e. The van der Waals surface area contributed by atoms with E-state index in [2.05, 4.69) is 5.32 Å². The van der Waals surface area contributed by atoms with Gasteiger partial charge in [0.1, 0.15) is 18.5 Å². The number of hydrogen-bond acceptors (Lipinski definition) is 4. The molecule has 0 fully saturated rings. The summed E-state index contributed by atoms with van der Waals surface area (Å²) in [5.41, 5.74) is 0.917. The third-order valence-corrected chi connectivity index (χ3v) is 2.34. The van der Waals surface area contributed by atoms with Gasteiger partial charge in [-0.15, -0.1) is 0 Å². The van der Waals surface area contributed by atoms with Gasteiger partial charge in [0, 0.05) is 12.1 Å². The molecule has 0 aliphatic rings. The molecule has 0 radical (unpaired) electrons. The zero-order chi connectivity index (χ0) is 12.0. The van der Waals surface area contributed by atoms with Gasteiger partial charge in [0.25, 0.3) is 0 Å². The smallest absolute Gasteiger partial charge is 0.142 e. The lowest BCUT2D eigenvalue weighted by molar-refractivity contribution is 0.0533. The molecule has 4 nitrogen and oxygen atoms in total. The van der Waals surface area contributed by atoms with Crippen molar-refractivity contribution in [2.75, 3.05) is 20.3 Å². The molecule has 0 saturated carbocycles. The molecule has 1 aromatic carbocycles. The average molecular weight is 246 g/mol. The standard InChI is InChI=1S/C11H16ClNO3/c1-13-5-8-3-2-4-10(12)11(8)16-7-9(15)6-14/h2-4,9,13-15H,5-7H2,1H3. The summed E-state index contributed by atoms with van der Waals surface area (Å²) in [6.45, 7) is 0.327. The Hall–Kier alpha value is -0.810. The number of hydrogen-bond donors (Lipinski definition) is 3. The van der Waals surface area contributed by atoms with E-state index in [0.29, 0.717) is 17.3 Å².